The van der Waals surface area contributed by atoms with Crippen molar-refractivity contribution in [1.82, 2.24) is 10.6 Å². The molecule has 0 saturated carbocycles. The van der Waals surface area contributed by atoms with Crippen LogP contribution in [0.3, 0.4) is 0 Å². The summed E-state index contributed by atoms with van der Waals surface area (Å²) in [6.07, 6.45) is 2.45. The molecule has 2 heteroatoms. The maximum Gasteiger partial charge on any atom is 0.00735 e. The summed E-state index contributed by atoms with van der Waals surface area (Å²) in [5, 5.41) is 6.37. The number of nitrogens with one attached hydrogen (secondary N) is 2. The Morgan fingerprint density at radius 3 is 2.33 bits per heavy atom. The van der Waals surface area contributed by atoms with E-state index < -0.39 is 0 Å². The van der Waals surface area contributed by atoms with Gasteiger partial charge in [0.25, 0.3) is 0 Å². The molecule has 0 aromatic rings. The Morgan fingerprint density at radius 1 is 1.33 bits per heavy atom. The zero-order valence-electron chi connectivity index (χ0n) is 6.70. The Labute approximate surface area is 58.0 Å². The van der Waals surface area contributed by atoms with Crippen LogP contribution in [0.1, 0.15) is 19.8 Å². The van der Waals surface area contributed by atoms with Gasteiger partial charge in [-0.3, -0.25) is 0 Å². The minimum atomic E-state index is 0.692. The van der Waals surface area contributed by atoms with Crippen molar-refractivity contribution in [2.24, 2.45) is 0 Å². The molecule has 0 rings (SSSR count). The van der Waals surface area contributed by atoms with Crippen LogP contribution >= 0.6 is 0 Å². The average Bonchev–Trinajstić information content (AvgIpc) is 1.91. The molecule has 0 aromatic heterocycles. The van der Waals surface area contributed by atoms with E-state index >= 15 is 0 Å². The van der Waals surface area contributed by atoms with Crippen LogP contribution in [0.15, 0.2) is 0 Å². The first-order valence-electron chi connectivity index (χ1n) is 3.67. The third-order valence-corrected chi connectivity index (χ3v) is 1.64. The highest BCUT2D eigenvalue weighted by Gasteiger charge is 1.99. The molecule has 2 nitrogen and oxygen atoms in total. The van der Waals surface area contributed by atoms with Gasteiger partial charge >= 0.3 is 0 Å². The maximum absolute atomic E-state index is 3.25. The summed E-state index contributed by atoms with van der Waals surface area (Å²) in [5.41, 5.74) is 0. The van der Waals surface area contributed by atoms with Crippen LogP contribution in [0.2, 0.25) is 0 Å². The average molecular weight is 130 g/mol. The largest absolute Gasteiger partial charge is 0.320 e. The molecule has 0 aliphatic rings. The molecule has 2 N–H and O–H groups in total. The molecule has 0 radical (unpaired) electrons. The molecule has 0 aliphatic heterocycles. The molecule has 0 aromatic carbocycles. The topological polar surface area (TPSA) is 24.1 Å². The lowest BCUT2D eigenvalue weighted by molar-refractivity contribution is 0.498. The summed E-state index contributed by atoms with van der Waals surface area (Å²) in [7, 11) is 4.01. The van der Waals surface area contributed by atoms with E-state index in [1.165, 1.54) is 12.8 Å². The Hall–Kier alpha value is -0.0800. The lowest BCUT2D eigenvalue weighted by Gasteiger charge is -2.12. The van der Waals surface area contributed by atoms with Crippen molar-refractivity contribution < 1.29 is 0 Å². The van der Waals surface area contributed by atoms with Gasteiger partial charge in [0.1, 0.15) is 0 Å². The third kappa shape index (κ3) is 4.43. The Kier molecular flexibility index (Phi) is 5.99. The fraction of sp³-hybridized carbons (Fsp3) is 1.00. The van der Waals surface area contributed by atoms with Gasteiger partial charge in [-0.2, -0.15) is 0 Å². The van der Waals surface area contributed by atoms with Crippen LogP contribution in [0.25, 0.3) is 0 Å². The second-order valence-corrected chi connectivity index (χ2v) is 2.29. The minimum Gasteiger partial charge on any atom is -0.320 e. The van der Waals surface area contributed by atoms with Crippen molar-refractivity contribution >= 4 is 0 Å². The maximum atomic E-state index is 3.25. The molecule has 0 heterocycles. The van der Waals surface area contributed by atoms with Crippen molar-refractivity contribution in [1.29, 1.82) is 0 Å². The Bertz CT molecular complexity index is 50.9. The van der Waals surface area contributed by atoms with Crippen LogP contribution in [-0.4, -0.2) is 26.7 Å². The predicted molar refractivity (Wildman–Crippen MR) is 41.7 cm³/mol. The Morgan fingerprint density at radius 2 is 2.00 bits per heavy atom. The first kappa shape index (κ1) is 8.92. The second kappa shape index (κ2) is 6.05. The molecule has 9 heavy (non-hydrogen) atoms. The van der Waals surface area contributed by atoms with Crippen molar-refractivity contribution in [3.63, 3.8) is 0 Å². The molecular formula is C7H18N2. The Balaban J connectivity index is 3.09. The van der Waals surface area contributed by atoms with E-state index in [0.717, 1.165) is 6.54 Å². The van der Waals surface area contributed by atoms with Gasteiger partial charge in [0.15, 0.2) is 0 Å². The van der Waals surface area contributed by atoms with Gasteiger partial charge in [-0.15, -0.1) is 0 Å². The monoisotopic (exact) mass is 130 g/mol. The van der Waals surface area contributed by atoms with Gasteiger partial charge in [0, 0.05) is 6.04 Å². The SMILES string of the molecule is CCC(CCNC)NC. The van der Waals surface area contributed by atoms with E-state index in [0.29, 0.717) is 6.04 Å². The van der Waals surface area contributed by atoms with E-state index in [9.17, 15) is 0 Å². The van der Waals surface area contributed by atoms with Crippen molar-refractivity contribution in [3.8, 4) is 0 Å². The fourth-order valence-corrected chi connectivity index (χ4v) is 0.871. The van der Waals surface area contributed by atoms with Gasteiger partial charge in [0.05, 0.1) is 0 Å². The molecule has 56 valence electrons. The summed E-state index contributed by atoms with van der Waals surface area (Å²) in [5.74, 6) is 0. The molecule has 0 bridgehead atoms. The van der Waals surface area contributed by atoms with E-state index in [4.69, 9.17) is 0 Å². The fourth-order valence-electron chi connectivity index (χ4n) is 0.871. The summed E-state index contributed by atoms with van der Waals surface area (Å²) in [6.45, 7) is 3.32. The summed E-state index contributed by atoms with van der Waals surface area (Å²) < 4.78 is 0. The summed E-state index contributed by atoms with van der Waals surface area (Å²) in [4.78, 5) is 0. The van der Waals surface area contributed by atoms with Crippen molar-refractivity contribution in [2.75, 3.05) is 20.6 Å². The molecule has 0 spiro atoms. The zero-order chi connectivity index (χ0) is 7.11. The van der Waals surface area contributed by atoms with Gasteiger partial charge in [0.2, 0.25) is 0 Å². The molecule has 1 atom stereocenters. The van der Waals surface area contributed by atoms with Crippen LogP contribution < -0.4 is 10.6 Å². The third-order valence-electron chi connectivity index (χ3n) is 1.64. The minimum absolute atomic E-state index is 0.692. The highest BCUT2D eigenvalue weighted by Crippen LogP contribution is 1.93. The predicted octanol–water partition coefficient (Wildman–Crippen LogP) is 0.594. The van der Waals surface area contributed by atoms with Gasteiger partial charge in [-0.25, -0.2) is 0 Å². The summed E-state index contributed by atoms with van der Waals surface area (Å²) in [6, 6.07) is 0.692. The molecule has 0 aliphatic carbocycles. The van der Waals surface area contributed by atoms with E-state index in [1.54, 1.807) is 0 Å². The standard InChI is InChI=1S/C7H18N2/c1-4-7(9-3)5-6-8-2/h7-9H,4-6H2,1-3H3. The molecule has 0 fully saturated rings. The second-order valence-electron chi connectivity index (χ2n) is 2.29. The van der Waals surface area contributed by atoms with Crippen molar-refractivity contribution in [2.45, 2.75) is 25.8 Å². The first-order valence-corrected chi connectivity index (χ1v) is 3.67. The highest BCUT2D eigenvalue weighted by atomic mass is 14.9. The van der Waals surface area contributed by atoms with E-state index in [1.807, 2.05) is 14.1 Å². The van der Waals surface area contributed by atoms with Gasteiger partial charge < -0.3 is 10.6 Å². The molecule has 0 saturated heterocycles. The lowest BCUT2D eigenvalue weighted by atomic mass is 10.1. The molecule has 1 unspecified atom stereocenters. The number of rotatable bonds is 5. The lowest BCUT2D eigenvalue weighted by Crippen LogP contribution is -2.27. The zero-order valence-corrected chi connectivity index (χ0v) is 6.70. The van der Waals surface area contributed by atoms with Crippen molar-refractivity contribution in [3.05, 3.63) is 0 Å². The van der Waals surface area contributed by atoms with Crippen LogP contribution in [0.4, 0.5) is 0 Å². The normalized spacial score (nSPS) is 13.7. The van der Waals surface area contributed by atoms with Crippen LogP contribution in [0, 0.1) is 0 Å². The highest BCUT2D eigenvalue weighted by molar-refractivity contribution is 4.61. The molecular weight excluding hydrogens is 112 g/mol. The van der Waals surface area contributed by atoms with E-state index in [2.05, 4.69) is 17.6 Å². The van der Waals surface area contributed by atoms with Gasteiger partial charge in [-0.05, 0) is 33.5 Å². The van der Waals surface area contributed by atoms with Gasteiger partial charge in [-0.1, -0.05) is 6.92 Å². The quantitative estimate of drug-likeness (QED) is 0.569. The summed E-state index contributed by atoms with van der Waals surface area (Å²) >= 11 is 0. The van der Waals surface area contributed by atoms with E-state index in [-0.39, 0.29) is 0 Å². The van der Waals surface area contributed by atoms with Crippen LogP contribution in [-0.2, 0) is 0 Å². The number of hydrogen-bond donors (Lipinski definition) is 2. The number of hydrogen-bond acceptors (Lipinski definition) is 2. The first-order chi connectivity index (χ1) is 4.35. The molecule has 0 amide bonds. The van der Waals surface area contributed by atoms with Crippen LogP contribution in [0.5, 0.6) is 0 Å². The smallest absolute Gasteiger partial charge is 0.00735 e.